The van der Waals surface area contributed by atoms with Gasteiger partial charge in [-0.05, 0) is 68.1 Å². The van der Waals surface area contributed by atoms with E-state index in [4.69, 9.17) is 4.74 Å². The van der Waals surface area contributed by atoms with Crippen LogP contribution < -0.4 is 10.1 Å². The van der Waals surface area contributed by atoms with Crippen molar-refractivity contribution in [3.05, 3.63) is 42.0 Å². The first-order chi connectivity index (χ1) is 13.9. The van der Waals surface area contributed by atoms with Gasteiger partial charge in [0.25, 0.3) is 5.91 Å². The second kappa shape index (κ2) is 8.48. The molecule has 3 atom stereocenters. The molecule has 0 aromatic heterocycles. The maximum Gasteiger partial charge on any atom is 0.251 e. The van der Waals surface area contributed by atoms with Gasteiger partial charge in [0.15, 0.2) is 0 Å². The van der Waals surface area contributed by atoms with E-state index in [1.54, 1.807) is 12.1 Å². The van der Waals surface area contributed by atoms with Crippen molar-refractivity contribution in [2.75, 3.05) is 25.9 Å². The zero-order chi connectivity index (χ0) is 20.4. The lowest BCUT2D eigenvalue weighted by atomic mass is 9.90. The van der Waals surface area contributed by atoms with Crippen LogP contribution in [0.15, 0.2) is 36.4 Å². The van der Waals surface area contributed by atoms with Gasteiger partial charge in [-0.15, -0.1) is 0 Å². The van der Waals surface area contributed by atoms with E-state index in [1.807, 2.05) is 12.1 Å². The van der Waals surface area contributed by atoms with Crippen LogP contribution in [-0.4, -0.2) is 50.6 Å². The summed E-state index contributed by atoms with van der Waals surface area (Å²) in [6, 6.07) is 7.26. The van der Waals surface area contributed by atoms with E-state index >= 15 is 0 Å². The minimum Gasteiger partial charge on any atom is -0.490 e. The van der Waals surface area contributed by atoms with Gasteiger partial charge in [0.2, 0.25) is 10.0 Å². The summed E-state index contributed by atoms with van der Waals surface area (Å²) in [4.78, 5) is 12.5. The van der Waals surface area contributed by atoms with Crippen molar-refractivity contribution < 1.29 is 17.9 Å². The average molecular weight is 419 g/mol. The smallest absolute Gasteiger partial charge is 0.251 e. The Hall–Kier alpha value is -1.86. The van der Waals surface area contributed by atoms with Gasteiger partial charge in [0.1, 0.15) is 11.9 Å². The maximum atomic E-state index is 12.5. The molecule has 3 unspecified atom stereocenters. The summed E-state index contributed by atoms with van der Waals surface area (Å²) in [5.74, 6) is 2.77. The SMILES string of the molecule is CS(=O)(=O)N1CCC(Oc2cccc(C(=O)NCCC3CC4C=CC3C4)c2)CC1. The fourth-order valence-corrected chi connectivity index (χ4v) is 5.76. The minimum atomic E-state index is -3.14. The Balaban J connectivity index is 1.25. The summed E-state index contributed by atoms with van der Waals surface area (Å²) in [6.07, 6.45) is 10.8. The summed E-state index contributed by atoms with van der Waals surface area (Å²) >= 11 is 0. The Kier molecular flexibility index (Phi) is 5.97. The van der Waals surface area contributed by atoms with Crippen molar-refractivity contribution in [3.63, 3.8) is 0 Å². The number of ether oxygens (including phenoxy) is 1. The van der Waals surface area contributed by atoms with Gasteiger partial charge in [-0.3, -0.25) is 4.79 Å². The Morgan fingerprint density at radius 3 is 2.66 bits per heavy atom. The summed E-state index contributed by atoms with van der Waals surface area (Å²) in [5.41, 5.74) is 0.601. The molecule has 29 heavy (non-hydrogen) atoms. The van der Waals surface area contributed by atoms with Crippen LogP contribution >= 0.6 is 0 Å². The molecule has 3 aliphatic rings. The number of hydrogen-bond acceptors (Lipinski definition) is 4. The lowest BCUT2D eigenvalue weighted by Crippen LogP contribution is -2.41. The first-order valence-electron chi connectivity index (χ1n) is 10.6. The normalized spacial score (nSPS) is 27.3. The number of piperidine rings is 1. The fraction of sp³-hybridized carbons (Fsp3) is 0.591. The molecular formula is C22H30N2O4S. The molecule has 1 N–H and O–H groups in total. The number of nitrogens with one attached hydrogen (secondary N) is 1. The lowest BCUT2D eigenvalue weighted by molar-refractivity contribution is 0.0948. The van der Waals surface area contributed by atoms with Crippen molar-refractivity contribution in [2.24, 2.45) is 17.8 Å². The monoisotopic (exact) mass is 418 g/mol. The Labute approximate surface area is 173 Å². The van der Waals surface area contributed by atoms with Crippen LogP contribution in [0.2, 0.25) is 0 Å². The van der Waals surface area contributed by atoms with Crippen LogP contribution in [-0.2, 0) is 10.0 Å². The van der Waals surface area contributed by atoms with Gasteiger partial charge in [0, 0.05) is 25.2 Å². The number of amides is 1. The third-order valence-electron chi connectivity index (χ3n) is 6.49. The molecule has 7 heteroatoms. The first kappa shape index (κ1) is 20.4. The summed E-state index contributed by atoms with van der Waals surface area (Å²) in [5, 5.41) is 3.05. The second-order valence-electron chi connectivity index (χ2n) is 8.59. The molecule has 6 nitrogen and oxygen atoms in total. The van der Waals surface area contributed by atoms with E-state index < -0.39 is 10.0 Å². The van der Waals surface area contributed by atoms with Gasteiger partial charge in [-0.2, -0.15) is 0 Å². The highest BCUT2D eigenvalue weighted by atomic mass is 32.2. The highest BCUT2D eigenvalue weighted by Crippen LogP contribution is 2.44. The minimum absolute atomic E-state index is 0.0304. The van der Waals surface area contributed by atoms with Crippen LogP contribution in [0.5, 0.6) is 5.75 Å². The zero-order valence-electron chi connectivity index (χ0n) is 16.9. The second-order valence-corrected chi connectivity index (χ2v) is 10.6. The maximum absolute atomic E-state index is 12.5. The molecule has 158 valence electrons. The molecule has 1 aromatic carbocycles. The number of carbonyl (C=O) groups is 1. The number of allylic oxidation sites excluding steroid dienone is 2. The van der Waals surface area contributed by atoms with Crippen molar-refractivity contribution in [1.29, 1.82) is 0 Å². The molecular weight excluding hydrogens is 388 g/mol. The van der Waals surface area contributed by atoms with Gasteiger partial charge < -0.3 is 10.1 Å². The van der Waals surface area contributed by atoms with E-state index in [0.29, 0.717) is 55.6 Å². The molecule has 0 radical (unpaired) electrons. The Morgan fingerprint density at radius 1 is 1.21 bits per heavy atom. The van der Waals surface area contributed by atoms with Crippen LogP contribution in [0.3, 0.4) is 0 Å². The highest BCUT2D eigenvalue weighted by Gasteiger charge is 2.35. The molecule has 1 aromatic rings. The van der Waals surface area contributed by atoms with Gasteiger partial charge in [-0.25, -0.2) is 12.7 Å². The number of benzene rings is 1. The number of nitrogens with zero attached hydrogens (tertiary/aromatic N) is 1. The number of fused-ring (bicyclic) bond motifs is 2. The number of sulfonamides is 1. The lowest BCUT2D eigenvalue weighted by Gasteiger charge is -2.30. The van der Waals surface area contributed by atoms with E-state index in [2.05, 4.69) is 17.5 Å². The number of hydrogen-bond donors (Lipinski definition) is 1. The quantitative estimate of drug-likeness (QED) is 0.691. The topological polar surface area (TPSA) is 75.7 Å². The fourth-order valence-electron chi connectivity index (χ4n) is 4.88. The van der Waals surface area contributed by atoms with E-state index in [-0.39, 0.29) is 12.0 Å². The van der Waals surface area contributed by atoms with E-state index in [0.717, 1.165) is 12.3 Å². The Bertz CT molecular complexity index is 875. The molecule has 0 spiro atoms. The van der Waals surface area contributed by atoms with Crippen LogP contribution in [0, 0.1) is 17.8 Å². The Morgan fingerprint density at radius 2 is 2.00 bits per heavy atom. The summed E-state index contributed by atoms with van der Waals surface area (Å²) in [7, 11) is -3.14. The molecule has 1 saturated carbocycles. The zero-order valence-corrected chi connectivity index (χ0v) is 17.7. The number of carbonyl (C=O) groups excluding carboxylic acids is 1. The first-order valence-corrected chi connectivity index (χ1v) is 12.4. The van der Waals surface area contributed by atoms with E-state index in [9.17, 15) is 13.2 Å². The van der Waals surface area contributed by atoms with Crippen molar-refractivity contribution >= 4 is 15.9 Å². The third kappa shape index (κ3) is 5.01. The summed E-state index contributed by atoms with van der Waals surface area (Å²) in [6.45, 7) is 1.65. The molecule has 2 fully saturated rings. The van der Waals surface area contributed by atoms with Crippen LogP contribution in [0.4, 0.5) is 0 Å². The third-order valence-corrected chi connectivity index (χ3v) is 7.79. The molecule has 2 aliphatic carbocycles. The van der Waals surface area contributed by atoms with Gasteiger partial charge >= 0.3 is 0 Å². The molecule has 1 heterocycles. The molecule has 1 aliphatic heterocycles. The number of rotatable bonds is 7. The van der Waals surface area contributed by atoms with E-state index in [1.165, 1.54) is 23.4 Å². The molecule has 1 saturated heterocycles. The largest absolute Gasteiger partial charge is 0.490 e. The molecule has 2 bridgehead atoms. The summed E-state index contributed by atoms with van der Waals surface area (Å²) < 4.78 is 30.7. The predicted molar refractivity (Wildman–Crippen MR) is 112 cm³/mol. The molecule has 1 amide bonds. The highest BCUT2D eigenvalue weighted by molar-refractivity contribution is 7.88. The standard InChI is InChI=1S/C22H30N2O4S/c1-29(26,27)24-11-8-20(9-12-24)28-21-4-2-3-19(15-21)22(25)23-10-7-18-14-16-5-6-17(18)13-16/h2-6,15-18,20H,7-14H2,1H3,(H,23,25). The van der Waals surface area contributed by atoms with Crippen molar-refractivity contribution in [1.82, 2.24) is 9.62 Å². The van der Waals surface area contributed by atoms with Crippen molar-refractivity contribution in [2.45, 2.75) is 38.2 Å². The van der Waals surface area contributed by atoms with Crippen LogP contribution in [0.25, 0.3) is 0 Å². The van der Waals surface area contributed by atoms with Crippen LogP contribution in [0.1, 0.15) is 42.5 Å². The molecule has 4 rings (SSSR count). The van der Waals surface area contributed by atoms with Gasteiger partial charge in [-0.1, -0.05) is 18.2 Å². The predicted octanol–water partition coefficient (Wildman–Crippen LogP) is 2.82. The average Bonchev–Trinajstić information content (AvgIpc) is 3.31. The van der Waals surface area contributed by atoms with Crippen molar-refractivity contribution in [3.8, 4) is 5.75 Å². The van der Waals surface area contributed by atoms with Gasteiger partial charge in [0.05, 0.1) is 6.26 Å².